The predicted octanol–water partition coefficient (Wildman–Crippen LogP) is 9.56. The highest BCUT2D eigenvalue weighted by Crippen LogP contribution is 2.72. The van der Waals surface area contributed by atoms with Crippen molar-refractivity contribution in [2.45, 2.75) is 145 Å². The minimum Gasteiger partial charge on any atom is -0.462 e. The van der Waals surface area contributed by atoms with Crippen LogP contribution >= 0.6 is 0 Å². The summed E-state index contributed by atoms with van der Waals surface area (Å²) in [4.78, 5) is 14.9. The van der Waals surface area contributed by atoms with Crippen LogP contribution in [0.2, 0.25) is 0 Å². The third kappa shape index (κ3) is 4.56. The van der Waals surface area contributed by atoms with E-state index in [2.05, 4.69) is 65.4 Å². The summed E-state index contributed by atoms with van der Waals surface area (Å²) in [6.07, 6.45) is 13.1. The number of hydrogen-bond acceptors (Lipinski definition) is 3. The van der Waals surface area contributed by atoms with Crippen LogP contribution in [0.25, 0.3) is 10.4 Å². The molecule has 0 saturated heterocycles. The average Bonchev–Trinajstić information content (AvgIpc) is 3.07. The van der Waals surface area contributed by atoms with E-state index in [0.29, 0.717) is 22.7 Å². The zero-order valence-electron chi connectivity index (χ0n) is 25.2. The van der Waals surface area contributed by atoms with Crippen LogP contribution in [0.5, 0.6) is 0 Å². The summed E-state index contributed by atoms with van der Waals surface area (Å²) in [7, 11) is 0. The summed E-state index contributed by atoms with van der Waals surface area (Å²) in [6, 6.07) is 0. The van der Waals surface area contributed by atoms with Gasteiger partial charge in [0.15, 0.2) is 0 Å². The Morgan fingerprint density at radius 2 is 1.78 bits per heavy atom. The minimum atomic E-state index is -0.288. The molecule has 208 valence electrons. The number of carbonyl (C=O) groups is 1. The van der Waals surface area contributed by atoms with E-state index in [4.69, 9.17) is 10.3 Å². The molecule has 4 rings (SSSR count). The maximum absolute atomic E-state index is 11.8. The summed E-state index contributed by atoms with van der Waals surface area (Å²) in [5, 5.41) is 4.00. The molecule has 5 heteroatoms. The molecule has 0 aromatic carbocycles. The lowest BCUT2D eigenvalue weighted by molar-refractivity contribution is -0.167. The number of esters is 1. The molecular weight excluding hydrogens is 458 g/mol. The Kier molecular flexibility index (Phi) is 7.41. The van der Waals surface area contributed by atoms with Gasteiger partial charge in [-0.05, 0) is 97.3 Å². The Bertz CT molecular complexity index is 992. The van der Waals surface area contributed by atoms with E-state index in [1.165, 1.54) is 44.9 Å². The van der Waals surface area contributed by atoms with Gasteiger partial charge in [0, 0.05) is 22.8 Å². The first-order valence-corrected chi connectivity index (χ1v) is 15.1. The molecular formula is C32H53N3O2. The van der Waals surface area contributed by atoms with Crippen LogP contribution in [0.4, 0.5) is 0 Å². The van der Waals surface area contributed by atoms with Gasteiger partial charge in [0.25, 0.3) is 0 Å². The second-order valence-corrected chi connectivity index (χ2v) is 15.2. The topological polar surface area (TPSA) is 75.1 Å². The molecule has 37 heavy (non-hydrogen) atoms. The third-order valence-electron chi connectivity index (χ3n) is 12.5. The molecule has 2 fully saturated rings. The first-order chi connectivity index (χ1) is 17.1. The van der Waals surface area contributed by atoms with Crippen molar-refractivity contribution in [3.63, 3.8) is 0 Å². The lowest BCUT2D eigenvalue weighted by atomic mass is 9.43. The van der Waals surface area contributed by atoms with E-state index in [-0.39, 0.29) is 28.4 Å². The number of azide groups is 1. The van der Waals surface area contributed by atoms with Gasteiger partial charge in [0.05, 0.1) is 0 Å². The number of ether oxygens (including phenoxy) is 1. The lowest BCUT2D eigenvalue weighted by Crippen LogP contribution is -2.55. The van der Waals surface area contributed by atoms with Crippen LogP contribution in [0.1, 0.15) is 133 Å². The largest absolute Gasteiger partial charge is 0.462 e. The molecule has 0 unspecified atom stereocenters. The molecule has 0 spiro atoms. The summed E-state index contributed by atoms with van der Waals surface area (Å²) >= 11 is 0. The van der Waals surface area contributed by atoms with E-state index in [1.54, 1.807) is 12.5 Å². The quantitative estimate of drug-likeness (QED) is 0.112. The van der Waals surface area contributed by atoms with Crippen LogP contribution in [0, 0.1) is 39.4 Å². The molecule has 0 aromatic heterocycles. The van der Waals surface area contributed by atoms with Crippen molar-refractivity contribution in [2.24, 2.45) is 44.5 Å². The second kappa shape index (κ2) is 9.61. The number of allylic oxidation sites excluding steroid dienone is 2. The standard InChI is InChI=1S/C32H53N3O2/c1-21(11-10-17-28(3,4)34-35-33)23-14-19-32(9)25-12-13-26-29(5,6)27(37-22(2)36)16-18-30(26,7)24(25)15-20-31(23,32)8/h21,23,26-27H,10-20H2,1-9H3/t21-,23-,26+,27+,30-,31-,32+/m1/s1. The van der Waals surface area contributed by atoms with Gasteiger partial charge in [-0.3, -0.25) is 4.79 Å². The first kappa shape index (κ1) is 28.5. The van der Waals surface area contributed by atoms with Gasteiger partial charge in [-0.2, -0.15) is 0 Å². The fraction of sp³-hybridized carbons (Fsp3) is 0.906. The zero-order valence-corrected chi connectivity index (χ0v) is 25.2. The van der Waals surface area contributed by atoms with Crippen molar-refractivity contribution in [3.05, 3.63) is 21.6 Å². The highest BCUT2D eigenvalue weighted by Gasteiger charge is 2.63. The van der Waals surface area contributed by atoms with E-state index < -0.39 is 0 Å². The smallest absolute Gasteiger partial charge is 0.302 e. The molecule has 2 saturated carbocycles. The molecule has 0 aliphatic heterocycles. The van der Waals surface area contributed by atoms with Gasteiger partial charge in [-0.25, -0.2) is 0 Å². The molecule has 0 heterocycles. The Hall–Kier alpha value is -1.48. The Balaban J connectivity index is 1.56. The average molecular weight is 512 g/mol. The van der Waals surface area contributed by atoms with Crippen molar-refractivity contribution in [2.75, 3.05) is 0 Å². The maximum atomic E-state index is 11.8. The number of carbonyl (C=O) groups excluding carboxylic acids is 1. The Labute approximate surface area is 226 Å². The maximum Gasteiger partial charge on any atom is 0.302 e. The Morgan fingerprint density at radius 3 is 2.43 bits per heavy atom. The molecule has 0 bridgehead atoms. The van der Waals surface area contributed by atoms with E-state index in [1.807, 2.05) is 5.57 Å². The number of nitrogens with zero attached hydrogens (tertiary/aromatic N) is 3. The van der Waals surface area contributed by atoms with Crippen LogP contribution in [0.15, 0.2) is 16.3 Å². The lowest BCUT2D eigenvalue weighted by Gasteiger charge is -2.62. The summed E-state index contributed by atoms with van der Waals surface area (Å²) in [6.45, 7) is 20.7. The highest BCUT2D eigenvalue weighted by molar-refractivity contribution is 5.66. The molecule has 0 N–H and O–H groups in total. The van der Waals surface area contributed by atoms with Gasteiger partial charge in [-0.15, -0.1) is 0 Å². The minimum absolute atomic E-state index is 0.00888. The van der Waals surface area contributed by atoms with Crippen molar-refractivity contribution in [3.8, 4) is 0 Å². The van der Waals surface area contributed by atoms with Crippen LogP contribution in [-0.2, 0) is 9.53 Å². The van der Waals surface area contributed by atoms with Crippen molar-refractivity contribution in [1.29, 1.82) is 0 Å². The normalized spacial score (nSPS) is 39.6. The summed E-state index contributed by atoms with van der Waals surface area (Å²) in [5.74, 6) is 1.89. The van der Waals surface area contributed by atoms with Crippen LogP contribution in [-0.4, -0.2) is 17.6 Å². The first-order valence-electron chi connectivity index (χ1n) is 15.1. The van der Waals surface area contributed by atoms with E-state index in [0.717, 1.165) is 31.6 Å². The number of rotatable bonds is 7. The third-order valence-corrected chi connectivity index (χ3v) is 12.5. The van der Waals surface area contributed by atoms with Crippen molar-refractivity contribution in [1.82, 2.24) is 0 Å². The second-order valence-electron chi connectivity index (χ2n) is 15.2. The molecule has 0 aromatic rings. The van der Waals surface area contributed by atoms with E-state index >= 15 is 0 Å². The molecule has 4 aliphatic rings. The fourth-order valence-corrected chi connectivity index (χ4v) is 10.3. The SMILES string of the molecule is CC(=O)O[C@H]1CC[C@]2(C)C3=C(CC[C@H]2C1(C)C)[C@]1(C)CC[C@H]([C@H](C)CCCC(C)(C)N=[N+]=[N-])[C@@]1(C)CC3. The molecule has 7 atom stereocenters. The highest BCUT2D eigenvalue weighted by atomic mass is 16.5. The van der Waals surface area contributed by atoms with Gasteiger partial charge in [0.1, 0.15) is 6.10 Å². The van der Waals surface area contributed by atoms with Crippen molar-refractivity contribution < 1.29 is 9.53 Å². The summed E-state index contributed by atoms with van der Waals surface area (Å²) < 4.78 is 5.87. The predicted molar refractivity (Wildman–Crippen MR) is 151 cm³/mol. The number of hydrogen-bond donors (Lipinski definition) is 0. The van der Waals surface area contributed by atoms with Gasteiger partial charge in [0.2, 0.25) is 0 Å². The van der Waals surface area contributed by atoms with Crippen LogP contribution < -0.4 is 0 Å². The van der Waals surface area contributed by atoms with Crippen LogP contribution in [0.3, 0.4) is 0 Å². The zero-order chi connectivity index (χ0) is 27.4. The molecule has 5 nitrogen and oxygen atoms in total. The van der Waals surface area contributed by atoms with Gasteiger partial charge >= 0.3 is 5.97 Å². The van der Waals surface area contributed by atoms with Gasteiger partial charge < -0.3 is 4.74 Å². The fourth-order valence-electron chi connectivity index (χ4n) is 10.3. The monoisotopic (exact) mass is 511 g/mol. The summed E-state index contributed by atoms with van der Waals surface area (Å²) in [5.41, 5.74) is 13.1. The Morgan fingerprint density at radius 1 is 1.08 bits per heavy atom. The van der Waals surface area contributed by atoms with Crippen molar-refractivity contribution >= 4 is 5.97 Å². The van der Waals surface area contributed by atoms with Gasteiger partial charge in [-0.1, -0.05) is 84.5 Å². The number of fused-ring (bicyclic) bond motifs is 4. The molecule has 4 aliphatic carbocycles. The molecule has 0 radical (unpaired) electrons. The van der Waals surface area contributed by atoms with E-state index in [9.17, 15) is 4.79 Å². The molecule has 0 amide bonds.